The minimum Gasteiger partial charge on any atom is -0.394 e. The van der Waals surface area contributed by atoms with E-state index in [9.17, 15) is 30.6 Å². The van der Waals surface area contributed by atoms with Crippen molar-refractivity contribution in [2.75, 3.05) is 19.8 Å². The minimum absolute atomic E-state index is 0.708. The monoisotopic (exact) mass is 344 g/mol. The molecule has 1 aliphatic rings. The topological polar surface area (TPSA) is 201 Å². The molecule has 138 valence electrons. The summed E-state index contributed by atoms with van der Waals surface area (Å²) in [5.41, 5.74) is 0. The SMILES string of the molecule is OC[C@@H](O)[C@@H](O)[C@H](O[C@H]1O[C@H](CO)[C@@H](O)[C@H](O)[C@@H]1O)[C@H](O)CO. The Labute approximate surface area is 131 Å². The van der Waals surface area contributed by atoms with E-state index in [-0.39, 0.29) is 0 Å². The summed E-state index contributed by atoms with van der Waals surface area (Å²) in [5, 5.41) is 84.9. The molecule has 0 unspecified atom stereocenters. The summed E-state index contributed by atoms with van der Waals surface area (Å²) in [4.78, 5) is 0. The van der Waals surface area contributed by atoms with Crippen molar-refractivity contribution in [1.29, 1.82) is 0 Å². The lowest BCUT2D eigenvalue weighted by atomic mass is 9.98. The van der Waals surface area contributed by atoms with Gasteiger partial charge >= 0.3 is 0 Å². The van der Waals surface area contributed by atoms with Crippen LogP contribution in [0.1, 0.15) is 0 Å². The number of aliphatic hydroxyl groups is 9. The third-order valence-electron chi connectivity index (χ3n) is 3.62. The quantitative estimate of drug-likeness (QED) is 0.203. The van der Waals surface area contributed by atoms with E-state index in [1.165, 1.54) is 0 Å². The van der Waals surface area contributed by atoms with Gasteiger partial charge in [-0.25, -0.2) is 0 Å². The van der Waals surface area contributed by atoms with Crippen LogP contribution in [0.5, 0.6) is 0 Å². The number of aliphatic hydroxyl groups excluding tert-OH is 9. The van der Waals surface area contributed by atoms with Crippen LogP contribution in [0, 0.1) is 0 Å². The van der Waals surface area contributed by atoms with E-state index < -0.39 is 74.9 Å². The zero-order valence-electron chi connectivity index (χ0n) is 12.2. The first kappa shape index (κ1) is 20.6. The maximum atomic E-state index is 9.83. The van der Waals surface area contributed by atoms with Gasteiger partial charge in [0.2, 0.25) is 0 Å². The number of hydrogen-bond acceptors (Lipinski definition) is 11. The van der Waals surface area contributed by atoms with Crippen LogP contribution in [0.4, 0.5) is 0 Å². The largest absolute Gasteiger partial charge is 0.394 e. The zero-order chi connectivity index (χ0) is 17.7. The number of hydrogen-bond donors (Lipinski definition) is 9. The Kier molecular flexibility index (Phi) is 8.20. The molecule has 0 aromatic heterocycles. The Balaban J connectivity index is 2.89. The van der Waals surface area contributed by atoms with Gasteiger partial charge in [0.1, 0.15) is 48.8 Å². The molecule has 11 heteroatoms. The van der Waals surface area contributed by atoms with Gasteiger partial charge in [-0.05, 0) is 0 Å². The van der Waals surface area contributed by atoms with E-state index in [0.717, 1.165) is 0 Å². The summed E-state index contributed by atoms with van der Waals surface area (Å²) in [5.74, 6) is 0. The lowest BCUT2D eigenvalue weighted by molar-refractivity contribution is -0.327. The van der Waals surface area contributed by atoms with E-state index in [1.54, 1.807) is 0 Å². The second kappa shape index (κ2) is 9.15. The average Bonchev–Trinajstić information content (AvgIpc) is 2.57. The molecule has 0 amide bonds. The molecule has 1 saturated heterocycles. The molecule has 11 nitrogen and oxygen atoms in total. The Bertz CT molecular complexity index is 341. The van der Waals surface area contributed by atoms with Crippen molar-refractivity contribution in [3.63, 3.8) is 0 Å². The first-order valence-electron chi connectivity index (χ1n) is 7.00. The lowest BCUT2D eigenvalue weighted by Crippen LogP contribution is -2.61. The molecule has 0 aromatic carbocycles. The predicted octanol–water partition coefficient (Wildman–Crippen LogP) is -5.76. The molecule has 1 heterocycles. The van der Waals surface area contributed by atoms with Crippen molar-refractivity contribution >= 4 is 0 Å². The fraction of sp³-hybridized carbons (Fsp3) is 1.00. The van der Waals surface area contributed by atoms with E-state index in [1.807, 2.05) is 0 Å². The molecular weight excluding hydrogens is 320 g/mol. The Morgan fingerprint density at radius 3 is 1.87 bits per heavy atom. The van der Waals surface area contributed by atoms with Gasteiger partial charge in [0.25, 0.3) is 0 Å². The van der Waals surface area contributed by atoms with Crippen LogP contribution in [0.15, 0.2) is 0 Å². The standard InChI is InChI=1S/C12H24O11/c13-1-4(16)7(18)11(5(17)2-14)23-12-10(21)9(20)8(19)6(3-15)22-12/h4-21H,1-3H2/t4-,5-,6-,7-,8-,9+,10+,11-,12-/m1/s1. The van der Waals surface area contributed by atoms with E-state index in [4.69, 9.17) is 24.8 Å². The van der Waals surface area contributed by atoms with Gasteiger partial charge < -0.3 is 55.4 Å². The smallest absolute Gasteiger partial charge is 0.187 e. The van der Waals surface area contributed by atoms with Crippen molar-refractivity contribution in [3.8, 4) is 0 Å². The van der Waals surface area contributed by atoms with E-state index >= 15 is 0 Å². The highest BCUT2D eigenvalue weighted by Crippen LogP contribution is 2.24. The molecule has 0 aliphatic carbocycles. The highest BCUT2D eigenvalue weighted by atomic mass is 16.7. The maximum absolute atomic E-state index is 9.83. The van der Waals surface area contributed by atoms with Gasteiger partial charge in [0.05, 0.1) is 19.8 Å². The second-order valence-electron chi connectivity index (χ2n) is 5.29. The molecule has 0 spiro atoms. The summed E-state index contributed by atoms with van der Waals surface area (Å²) in [6, 6.07) is 0. The van der Waals surface area contributed by atoms with Gasteiger partial charge in [-0.2, -0.15) is 0 Å². The first-order chi connectivity index (χ1) is 10.8. The van der Waals surface area contributed by atoms with Crippen LogP contribution in [-0.4, -0.2) is 121 Å². The molecule has 0 aromatic rings. The normalized spacial score (nSPS) is 37.2. The molecule has 0 bridgehead atoms. The third kappa shape index (κ3) is 4.78. The molecule has 0 radical (unpaired) electrons. The van der Waals surface area contributed by atoms with Gasteiger partial charge in [-0.3, -0.25) is 0 Å². The van der Waals surface area contributed by atoms with Crippen molar-refractivity contribution in [3.05, 3.63) is 0 Å². The highest BCUT2D eigenvalue weighted by Gasteiger charge is 2.46. The fourth-order valence-electron chi connectivity index (χ4n) is 2.16. The van der Waals surface area contributed by atoms with Crippen molar-refractivity contribution in [2.24, 2.45) is 0 Å². The van der Waals surface area contributed by atoms with Crippen molar-refractivity contribution in [1.82, 2.24) is 0 Å². The van der Waals surface area contributed by atoms with Crippen LogP contribution >= 0.6 is 0 Å². The Morgan fingerprint density at radius 1 is 0.826 bits per heavy atom. The number of rotatable bonds is 8. The first-order valence-corrected chi connectivity index (χ1v) is 7.00. The van der Waals surface area contributed by atoms with Gasteiger partial charge in [-0.1, -0.05) is 0 Å². The van der Waals surface area contributed by atoms with E-state index in [0.29, 0.717) is 0 Å². The van der Waals surface area contributed by atoms with Crippen LogP contribution in [-0.2, 0) is 9.47 Å². The molecule has 9 N–H and O–H groups in total. The van der Waals surface area contributed by atoms with Crippen LogP contribution in [0.2, 0.25) is 0 Å². The summed E-state index contributed by atoms with van der Waals surface area (Å²) in [7, 11) is 0. The predicted molar refractivity (Wildman–Crippen MR) is 70.8 cm³/mol. The van der Waals surface area contributed by atoms with Crippen LogP contribution < -0.4 is 0 Å². The van der Waals surface area contributed by atoms with Gasteiger partial charge in [-0.15, -0.1) is 0 Å². The van der Waals surface area contributed by atoms with E-state index in [2.05, 4.69) is 0 Å². The molecule has 1 fully saturated rings. The van der Waals surface area contributed by atoms with Gasteiger partial charge in [0.15, 0.2) is 6.29 Å². The lowest BCUT2D eigenvalue weighted by Gasteiger charge is -2.42. The third-order valence-corrected chi connectivity index (χ3v) is 3.62. The fourth-order valence-corrected chi connectivity index (χ4v) is 2.16. The summed E-state index contributed by atoms with van der Waals surface area (Å²) < 4.78 is 10.1. The minimum atomic E-state index is -1.85. The molecule has 23 heavy (non-hydrogen) atoms. The van der Waals surface area contributed by atoms with Gasteiger partial charge in [0, 0.05) is 0 Å². The van der Waals surface area contributed by atoms with Crippen molar-refractivity contribution < 1.29 is 55.4 Å². The highest BCUT2D eigenvalue weighted by molar-refractivity contribution is 4.91. The van der Waals surface area contributed by atoms with Crippen molar-refractivity contribution in [2.45, 2.75) is 55.1 Å². The van der Waals surface area contributed by atoms with Crippen LogP contribution in [0.3, 0.4) is 0 Å². The van der Waals surface area contributed by atoms with Crippen LogP contribution in [0.25, 0.3) is 0 Å². The molecule has 1 rings (SSSR count). The molecule has 1 aliphatic heterocycles. The summed E-state index contributed by atoms with van der Waals surface area (Å²) >= 11 is 0. The Morgan fingerprint density at radius 2 is 1.39 bits per heavy atom. The maximum Gasteiger partial charge on any atom is 0.187 e. The second-order valence-corrected chi connectivity index (χ2v) is 5.29. The average molecular weight is 344 g/mol. The Hall–Kier alpha value is -0.440. The summed E-state index contributed by atoms with van der Waals surface area (Å²) in [6.07, 6.45) is -15.1. The number of ether oxygens (including phenoxy) is 2. The molecule has 9 atom stereocenters. The molecule has 0 saturated carbocycles. The molecular formula is C12H24O11. The zero-order valence-corrected chi connectivity index (χ0v) is 12.2. The summed E-state index contributed by atoms with van der Waals surface area (Å²) in [6.45, 7) is -2.45.